The average Bonchev–Trinajstić information content (AvgIpc) is 2.32. The van der Waals surface area contributed by atoms with Crippen LogP contribution in [0.1, 0.15) is 32.3 Å². The Hall–Kier alpha value is -0.840. The van der Waals surface area contributed by atoms with E-state index in [1.807, 2.05) is 26.8 Å². The van der Waals surface area contributed by atoms with E-state index >= 15 is 0 Å². The number of hydrogen-bond acceptors (Lipinski definition) is 3. The highest BCUT2D eigenvalue weighted by Crippen LogP contribution is 2.26. The van der Waals surface area contributed by atoms with Crippen LogP contribution < -0.4 is 11.1 Å². The van der Waals surface area contributed by atoms with Crippen LogP contribution in [0.25, 0.3) is 0 Å². The molecule has 110 valence electrons. The van der Waals surface area contributed by atoms with Crippen molar-refractivity contribution in [2.45, 2.75) is 33.6 Å². The second kappa shape index (κ2) is 9.13. The van der Waals surface area contributed by atoms with Crippen molar-refractivity contribution >= 4 is 36.4 Å². The fraction of sp³-hybridized carbons (Fsp3) is 0.538. The van der Waals surface area contributed by atoms with Gasteiger partial charge in [-0.2, -0.15) is 0 Å². The van der Waals surface area contributed by atoms with Crippen LogP contribution in [0.15, 0.2) is 18.5 Å². The first-order chi connectivity index (χ1) is 8.07. The Bertz CT molecular complexity index is 387. The van der Waals surface area contributed by atoms with Crippen molar-refractivity contribution in [3.8, 4) is 0 Å². The maximum atomic E-state index is 12.2. The lowest BCUT2D eigenvalue weighted by molar-refractivity contribution is -0.125. The molecule has 1 amide bonds. The van der Waals surface area contributed by atoms with Crippen LogP contribution in [0.5, 0.6) is 0 Å². The molecule has 0 fully saturated rings. The molecule has 0 saturated heterocycles. The molecule has 0 unspecified atom stereocenters. The van der Waals surface area contributed by atoms with E-state index < -0.39 is 5.41 Å². The lowest BCUT2D eigenvalue weighted by Gasteiger charge is -2.28. The summed E-state index contributed by atoms with van der Waals surface area (Å²) in [5.74, 6) is -0.0163. The van der Waals surface area contributed by atoms with Crippen molar-refractivity contribution < 1.29 is 4.79 Å². The molecule has 1 aromatic rings. The summed E-state index contributed by atoms with van der Waals surface area (Å²) in [6.45, 7) is 6.29. The van der Waals surface area contributed by atoms with Crippen molar-refractivity contribution in [1.29, 1.82) is 0 Å². The first-order valence-corrected chi connectivity index (χ1v) is 6.01. The first kappa shape index (κ1) is 20.5. The maximum Gasteiger partial charge on any atom is 0.231 e. The molecule has 0 saturated carbocycles. The lowest BCUT2D eigenvalue weighted by atomic mass is 9.81. The van der Waals surface area contributed by atoms with Crippen molar-refractivity contribution in [2.24, 2.45) is 11.1 Å². The number of anilines is 1. The van der Waals surface area contributed by atoms with Crippen LogP contribution in [-0.2, 0) is 4.79 Å². The number of carbonyl (C=O) groups is 1. The summed E-state index contributed by atoms with van der Waals surface area (Å²) in [6.07, 6.45) is 4.89. The third-order valence-corrected chi connectivity index (χ3v) is 3.36. The number of nitrogens with one attached hydrogen (secondary N) is 1. The Morgan fingerprint density at radius 1 is 1.32 bits per heavy atom. The van der Waals surface area contributed by atoms with E-state index in [0.29, 0.717) is 6.54 Å². The van der Waals surface area contributed by atoms with Crippen LogP contribution in [0.2, 0.25) is 0 Å². The number of pyridine rings is 1. The van der Waals surface area contributed by atoms with Gasteiger partial charge in [-0.25, -0.2) is 0 Å². The molecule has 0 radical (unpaired) electrons. The number of aryl methyl sites for hydroxylation is 1. The summed E-state index contributed by atoms with van der Waals surface area (Å²) >= 11 is 0. The van der Waals surface area contributed by atoms with Crippen molar-refractivity contribution in [1.82, 2.24) is 4.98 Å². The first-order valence-electron chi connectivity index (χ1n) is 6.01. The number of nitrogens with two attached hydrogens (primary N) is 1. The molecule has 0 aliphatic heterocycles. The number of amides is 1. The van der Waals surface area contributed by atoms with Crippen LogP contribution in [-0.4, -0.2) is 17.4 Å². The minimum Gasteiger partial charge on any atom is -0.329 e. The van der Waals surface area contributed by atoms with E-state index in [1.54, 1.807) is 12.4 Å². The van der Waals surface area contributed by atoms with E-state index in [0.717, 1.165) is 24.1 Å². The molecule has 19 heavy (non-hydrogen) atoms. The standard InChI is InChI=1S/C13H21N3O.2ClH/c1-4-13(5-2,9-14)12(17)16-11-6-10(3)7-15-8-11;;/h6-8H,4-5,9,14H2,1-3H3,(H,16,17);2*1H. The third kappa shape index (κ3) is 4.97. The fourth-order valence-electron chi connectivity index (χ4n) is 1.84. The Kier molecular flexibility index (Phi) is 9.84. The summed E-state index contributed by atoms with van der Waals surface area (Å²) in [5, 5.41) is 2.90. The molecule has 1 rings (SSSR count). The molecule has 0 aliphatic carbocycles. The number of halogens is 2. The fourth-order valence-corrected chi connectivity index (χ4v) is 1.84. The second-order valence-electron chi connectivity index (χ2n) is 4.40. The van der Waals surface area contributed by atoms with Gasteiger partial charge < -0.3 is 11.1 Å². The van der Waals surface area contributed by atoms with Crippen molar-refractivity contribution in [3.63, 3.8) is 0 Å². The molecule has 1 heterocycles. The number of rotatable bonds is 5. The molecular weight excluding hydrogens is 285 g/mol. The maximum absolute atomic E-state index is 12.2. The molecule has 3 N–H and O–H groups in total. The zero-order valence-corrected chi connectivity index (χ0v) is 13.2. The predicted molar refractivity (Wildman–Crippen MR) is 84.2 cm³/mol. The van der Waals surface area contributed by atoms with Gasteiger partial charge in [0, 0.05) is 12.7 Å². The summed E-state index contributed by atoms with van der Waals surface area (Å²) < 4.78 is 0. The van der Waals surface area contributed by atoms with Gasteiger partial charge in [0.15, 0.2) is 0 Å². The molecule has 0 aliphatic rings. The molecule has 0 atom stereocenters. The summed E-state index contributed by atoms with van der Waals surface area (Å²) in [6, 6.07) is 1.90. The minimum atomic E-state index is -0.469. The van der Waals surface area contributed by atoms with Gasteiger partial charge >= 0.3 is 0 Å². The Morgan fingerprint density at radius 3 is 2.32 bits per heavy atom. The van der Waals surface area contributed by atoms with Gasteiger partial charge in [0.1, 0.15) is 0 Å². The van der Waals surface area contributed by atoms with Crippen LogP contribution in [0.4, 0.5) is 5.69 Å². The summed E-state index contributed by atoms with van der Waals surface area (Å²) in [4.78, 5) is 16.3. The van der Waals surface area contributed by atoms with Gasteiger partial charge in [-0.15, -0.1) is 24.8 Å². The number of carbonyl (C=O) groups excluding carboxylic acids is 1. The predicted octanol–water partition coefficient (Wildman–Crippen LogP) is 2.94. The largest absolute Gasteiger partial charge is 0.329 e. The Labute approximate surface area is 127 Å². The van der Waals surface area contributed by atoms with Gasteiger partial charge in [0.25, 0.3) is 0 Å². The zero-order valence-electron chi connectivity index (χ0n) is 11.6. The van der Waals surface area contributed by atoms with Gasteiger partial charge in [0.2, 0.25) is 5.91 Å². The summed E-state index contributed by atoms with van der Waals surface area (Å²) in [5.41, 5.74) is 7.02. The molecule has 6 heteroatoms. The van der Waals surface area contributed by atoms with Crippen molar-refractivity contribution in [2.75, 3.05) is 11.9 Å². The summed E-state index contributed by atoms with van der Waals surface area (Å²) in [7, 11) is 0. The quantitative estimate of drug-likeness (QED) is 0.879. The van der Waals surface area contributed by atoms with Crippen molar-refractivity contribution in [3.05, 3.63) is 24.0 Å². The SMILES string of the molecule is CCC(CC)(CN)C(=O)Nc1cncc(C)c1.Cl.Cl. The zero-order chi connectivity index (χ0) is 12.9. The van der Waals surface area contributed by atoms with E-state index in [4.69, 9.17) is 5.73 Å². The Balaban J connectivity index is 0. The van der Waals surface area contributed by atoms with Gasteiger partial charge in [-0.05, 0) is 31.4 Å². The topological polar surface area (TPSA) is 68.0 Å². The lowest BCUT2D eigenvalue weighted by Crippen LogP contribution is -2.41. The second-order valence-corrected chi connectivity index (χ2v) is 4.40. The number of nitrogens with zero attached hydrogens (tertiary/aromatic N) is 1. The van der Waals surface area contributed by atoms with E-state index in [-0.39, 0.29) is 30.7 Å². The molecule has 1 aromatic heterocycles. The number of aromatic nitrogens is 1. The van der Waals surface area contributed by atoms with Gasteiger partial charge in [-0.1, -0.05) is 13.8 Å². The highest BCUT2D eigenvalue weighted by atomic mass is 35.5. The number of hydrogen-bond donors (Lipinski definition) is 2. The van der Waals surface area contributed by atoms with E-state index in [9.17, 15) is 4.79 Å². The monoisotopic (exact) mass is 307 g/mol. The van der Waals surface area contributed by atoms with E-state index in [1.165, 1.54) is 0 Å². The van der Waals surface area contributed by atoms with E-state index in [2.05, 4.69) is 10.3 Å². The smallest absolute Gasteiger partial charge is 0.231 e. The van der Waals surface area contributed by atoms with Crippen LogP contribution in [0.3, 0.4) is 0 Å². The normalized spacial score (nSPS) is 10.1. The molecule has 4 nitrogen and oxygen atoms in total. The molecule has 0 aromatic carbocycles. The van der Waals surface area contributed by atoms with Gasteiger partial charge in [-0.3, -0.25) is 9.78 Å². The van der Waals surface area contributed by atoms with Crippen LogP contribution >= 0.6 is 24.8 Å². The molecular formula is C13H23Cl2N3O. The average molecular weight is 308 g/mol. The van der Waals surface area contributed by atoms with Crippen LogP contribution in [0, 0.1) is 12.3 Å². The third-order valence-electron chi connectivity index (χ3n) is 3.36. The Morgan fingerprint density at radius 2 is 1.89 bits per heavy atom. The molecule has 0 bridgehead atoms. The minimum absolute atomic E-state index is 0. The van der Waals surface area contributed by atoms with Gasteiger partial charge in [0.05, 0.1) is 17.3 Å². The molecule has 0 spiro atoms. The highest BCUT2D eigenvalue weighted by Gasteiger charge is 2.33. The highest BCUT2D eigenvalue weighted by molar-refractivity contribution is 5.95.